The number of benzene rings is 3. The van der Waals surface area contributed by atoms with Gasteiger partial charge in [0.15, 0.2) is 5.11 Å². The lowest BCUT2D eigenvalue weighted by atomic mass is 10.1. The standard InChI is InChI=1S/C21H18Cl3N3O2S/c1-29-17-10-7-14(8-11-17)18(28)26-19(21(22,23)24)27-20(30)25-16-9-6-13-4-2-3-5-15(13)12-16/h2-12,19H,1H3,(H,26,28)(H2,25,27,30)/t19-/m0/s1. The molecular weight excluding hydrogens is 465 g/mol. The summed E-state index contributed by atoms with van der Waals surface area (Å²) in [5.74, 6) is 0.193. The van der Waals surface area contributed by atoms with Crippen LogP contribution in [-0.4, -0.2) is 28.1 Å². The molecule has 0 saturated carbocycles. The number of carbonyl (C=O) groups excluding carboxylic acids is 1. The number of alkyl halides is 3. The van der Waals surface area contributed by atoms with Gasteiger partial charge >= 0.3 is 0 Å². The van der Waals surface area contributed by atoms with Crippen LogP contribution in [0.25, 0.3) is 10.8 Å². The van der Waals surface area contributed by atoms with Crippen LogP contribution in [-0.2, 0) is 0 Å². The molecule has 0 heterocycles. The maximum absolute atomic E-state index is 12.6. The number of rotatable bonds is 5. The average Bonchev–Trinajstić information content (AvgIpc) is 2.72. The van der Waals surface area contributed by atoms with Crippen LogP contribution in [0.3, 0.4) is 0 Å². The third-order valence-corrected chi connectivity index (χ3v) is 5.11. The third-order valence-electron chi connectivity index (χ3n) is 4.24. The van der Waals surface area contributed by atoms with Gasteiger partial charge in [-0.1, -0.05) is 65.1 Å². The average molecular weight is 483 g/mol. The van der Waals surface area contributed by atoms with E-state index < -0.39 is 15.9 Å². The van der Waals surface area contributed by atoms with Gasteiger partial charge in [0.1, 0.15) is 11.9 Å². The van der Waals surface area contributed by atoms with Crippen LogP contribution < -0.4 is 20.7 Å². The zero-order chi connectivity index (χ0) is 21.7. The molecule has 0 radical (unpaired) electrons. The van der Waals surface area contributed by atoms with Crippen LogP contribution in [0, 0.1) is 0 Å². The van der Waals surface area contributed by atoms with Crippen molar-refractivity contribution in [1.29, 1.82) is 0 Å². The Morgan fingerprint density at radius 2 is 1.63 bits per heavy atom. The molecule has 0 unspecified atom stereocenters. The summed E-state index contributed by atoms with van der Waals surface area (Å²) in [6.07, 6.45) is -1.07. The molecule has 5 nitrogen and oxygen atoms in total. The Balaban J connectivity index is 1.68. The Morgan fingerprint density at radius 1 is 0.967 bits per heavy atom. The molecule has 156 valence electrons. The molecule has 0 spiro atoms. The van der Waals surface area contributed by atoms with E-state index in [1.165, 1.54) is 0 Å². The van der Waals surface area contributed by atoms with E-state index in [1.54, 1.807) is 31.4 Å². The number of nitrogens with one attached hydrogen (secondary N) is 3. The molecule has 1 amide bonds. The Labute approximate surface area is 194 Å². The molecule has 30 heavy (non-hydrogen) atoms. The summed E-state index contributed by atoms with van der Waals surface area (Å²) in [4.78, 5) is 12.6. The zero-order valence-electron chi connectivity index (χ0n) is 15.8. The highest BCUT2D eigenvalue weighted by Gasteiger charge is 2.34. The quantitative estimate of drug-likeness (QED) is 0.263. The molecule has 0 fully saturated rings. The number of ether oxygens (including phenoxy) is 1. The maximum Gasteiger partial charge on any atom is 0.252 e. The molecule has 9 heteroatoms. The van der Waals surface area contributed by atoms with Gasteiger partial charge in [-0.25, -0.2) is 0 Å². The fraction of sp³-hybridized carbons (Fsp3) is 0.143. The second-order valence-corrected chi connectivity index (χ2v) is 9.11. The Kier molecular flexibility index (Phi) is 7.26. The minimum atomic E-state index is -1.85. The van der Waals surface area contributed by atoms with E-state index in [-0.39, 0.29) is 5.11 Å². The van der Waals surface area contributed by atoms with E-state index >= 15 is 0 Å². The lowest BCUT2D eigenvalue weighted by Gasteiger charge is -2.27. The molecule has 3 aromatic rings. The zero-order valence-corrected chi connectivity index (χ0v) is 18.9. The number of thiocarbonyl (C=S) groups is 1. The van der Waals surface area contributed by atoms with Crippen molar-refractivity contribution in [2.24, 2.45) is 0 Å². The Hall–Kier alpha value is -2.25. The Bertz CT molecular complexity index is 1060. The predicted molar refractivity (Wildman–Crippen MR) is 128 cm³/mol. The van der Waals surface area contributed by atoms with E-state index in [9.17, 15) is 4.79 Å². The first-order valence-electron chi connectivity index (χ1n) is 8.84. The van der Waals surface area contributed by atoms with Gasteiger partial charge in [0.2, 0.25) is 3.79 Å². The first-order chi connectivity index (χ1) is 14.3. The predicted octanol–water partition coefficient (Wildman–Crippen LogP) is 5.26. The number of carbonyl (C=O) groups is 1. The molecule has 1 atom stereocenters. The third kappa shape index (κ3) is 5.89. The monoisotopic (exact) mass is 481 g/mol. The first kappa shape index (κ1) is 22.4. The fourth-order valence-electron chi connectivity index (χ4n) is 2.72. The van der Waals surface area contributed by atoms with Crippen molar-refractivity contribution in [1.82, 2.24) is 10.6 Å². The highest BCUT2D eigenvalue weighted by Crippen LogP contribution is 2.29. The van der Waals surface area contributed by atoms with E-state index in [2.05, 4.69) is 16.0 Å². The molecule has 3 N–H and O–H groups in total. The van der Waals surface area contributed by atoms with Crippen LogP contribution in [0.1, 0.15) is 10.4 Å². The van der Waals surface area contributed by atoms with Crippen molar-refractivity contribution in [3.63, 3.8) is 0 Å². The molecule has 0 bridgehead atoms. The summed E-state index contributed by atoms with van der Waals surface area (Å²) in [6, 6.07) is 20.3. The second kappa shape index (κ2) is 9.71. The Morgan fingerprint density at radius 3 is 2.27 bits per heavy atom. The second-order valence-electron chi connectivity index (χ2n) is 6.34. The molecule has 0 saturated heterocycles. The van der Waals surface area contributed by atoms with Crippen LogP contribution in [0.4, 0.5) is 5.69 Å². The summed E-state index contributed by atoms with van der Waals surface area (Å²) in [5.41, 5.74) is 1.14. The normalized spacial score (nSPS) is 12.1. The van der Waals surface area contributed by atoms with Crippen LogP contribution in [0.2, 0.25) is 0 Å². The summed E-state index contributed by atoms with van der Waals surface area (Å²) < 4.78 is 3.24. The molecule has 0 aromatic heterocycles. The van der Waals surface area contributed by atoms with E-state index in [4.69, 9.17) is 51.8 Å². The van der Waals surface area contributed by atoms with Crippen LogP contribution in [0.5, 0.6) is 5.75 Å². The molecule has 3 rings (SSSR count). The minimum Gasteiger partial charge on any atom is -0.497 e. The van der Waals surface area contributed by atoms with E-state index in [0.29, 0.717) is 11.3 Å². The molecule has 3 aromatic carbocycles. The number of anilines is 1. The van der Waals surface area contributed by atoms with Gasteiger partial charge in [-0.2, -0.15) is 0 Å². The van der Waals surface area contributed by atoms with Crippen LogP contribution >= 0.6 is 47.0 Å². The highest BCUT2D eigenvalue weighted by molar-refractivity contribution is 7.80. The van der Waals surface area contributed by atoms with E-state index in [1.807, 2.05) is 42.5 Å². The molecule has 0 aliphatic rings. The first-order valence-corrected chi connectivity index (χ1v) is 10.4. The van der Waals surface area contributed by atoms with Crippen molar-refractivity contribution in [2.45, 2.75) is 9.96 Å². The van der Waals surface area contributed by atoms with Crippen molar-refractivity contribution in [3.8, 4) is 5.75 Å². The van der Waals surface area contributed by atoms with Gasteiger partial charge in [-0.3, -0.25) is 4.79 Å². The lowest BCUT2D eigenvalue weighted by molar-refractivity contribution is 0.0934. The van der Waals surface area contributed by atoms with E-state index in [0.717, 1.165) is 16.5 Å². The topological polar surface area (TPSA) is 62.4 Å². The van der Waals surface area contributed by atoms with Gasteiger partial charge in [-0.15, -0.1) is 0 Å². The fourth-order valence-corrected chi connectivity index (χ4v) is 3.28. The van der Waals surface area contributed by atoms with Crippen molar-refractivity contribution < 1.29 is 9.53 Å². The van der Waals surface area contributed by atoms with Crippen LogP contribution in [0.15, 0.2) is 66.7 Å². The maximum atomic E-state index is 12.6. The van der Waals surface area contributed by atoms with Crippen molar-refractivity contribution >= 4 is 74.5 Å². The minimum absolute atomic E-state index is 0.191. The number of fused-ring (bicyclic) bond motifs is 1. The van der Waals surface area contributed by atoms with Gasteiger partial charge in [0.05, 0.1) is 7.11 Å². The van der Waals surface area contributed by atoms with Gasteiger partial charge in [-0.05, 0) is 59.4 Å². The number of hydrogen-bond donors (Lipinski definition) is 3. The molecule has 0 aliphatic carbocycles. The summed E-state index contributed by atoms with van der Waals surface area (Å²) in [6.45, 7) is 0. The number of methoxy groups -OCH3 is 1. The smallest absolute Gasteiger partial charge is 0.252 e. The molecule has 0 aliphatic heterocycles. The van der Waals surface area contributed by atoms with Crippen molar-refractivity contribution in [3.05, 3.63) is 72.3 Å². The van der Waals surface area contributed by atoms with Gasteiger partial charge < -0.3 is 20.7 Å². The number of halogens is 3. The highest BCUT2D eigenvalue weighted by atomic mass is 35.6. The van der Waals surface area contributed by atoms with Gasteiger partial charge in [0.25, 0.3) is 5.91 Å². The molecular formula is C21H18Cl3N3O2S. The largest absolute Gasteiger partial charge is 0.497 e. The summed E-state index contributed by atoms with van der Waals surface area (Å²) in [7, 11) is 1.54. The SMILES string of the molecule is COc1ccc(C(=O)N[C@@H](NC(=S)Nc2ccc3ccccc3c2)C(Cl)(Cl)Cl)cc1. The number of amides is 1. The summed E-state index contributed by atoms with van der Waals surface area (Å²) in [5, 5.41) is 10.9. The lowest BCUT2D eigenvalue weighted by Crippen LogP contribution is -2.56. The van der Waals surface area contributed by atoms with Gasteiger partial charge in [0, 0.05) is 11.3 Å². The summed E-state index contributed by atoms with van der Waals surface area (Å²) >= 11 is 23.5. The van der Waals surface area contributed by atoms with Crippen molar-refractivity contribution in [2.75, 3.05) is 12.4 Å². The number of hydrogen-bond acceptors (Lipinski definition) is 3.